The molecule has 0 aromatic rings. The quantitative estimate of drug-likeness (QED) is 0.380. The van der Waals surface area contributed by atoms with Crippen LogP contribution >= 0.6 is 11.6 Å². The summed E-state index contributed by atoms with van der Waals surface area (Å²) in [6.45, 7) is 1.14. The van der Waals surface area contributed by atoms with E-state index >= 15 is 0 Å². The Morgan fingerprint density at radius 1 is 1.38 bits per heavy atom. The number of hydrogen-bond acceptors (Lipinski definition) is 5. The number of esters is 2. The zero-order valence-electron chi connectivity index (χ0n) is 7.63. The van der Waals surface area contributed by atoms with Gasteiger partial charge in [-0.05, 0) is 0 Å². The second kappa shape index (κ2) is 5.04. The Morgan fingerprint density at radius 3 is 2.15 bits per heavy atom. The average Bonchev–Trinajstić information content (AvgIpc) is 2.12. The minimum atomic E-state index is -1.83. The van der Waals surface area contributed by atoms with Crippen molar-refractivity contribution in [1.29, 1.82) is 0 Å². The van der Waals surface area contributed by atoms with Crippen LogP contribution in [0.15, 0.2) is 0 Å². The first-order valence-corrected chi connectivity index (χ1v) is 3.95. The molecule has 13 heavy (non-hydrogen) atoms. The Balaban J connectivity index is 4.68. The largest absolute Gasteiger partial charge is 0.464 e. The van der Waals surface area contributed by atoms with Gasteiger partial charge in [-0.15, -0.1) is 11.6 Å². The Morgan fingerprint density at radius 2 is 1.92 bits per heavy atom. The van der Waals surface area contributed by atoms with Crippen molar-refractivity contribution in [2.75, 3.05) is 20.1 Å². The van der Waals surface area contributed by atoms with Gasteiger partial charge < -0.3 is 14.2 Å². The lowest BCUT2D eigenvalue weighted by atomic mass is 10.3. The van der Waals surface area contributed by atoms with Gasteiger partial charge in [0, 0.05) is 14.0 Å². The van der Waals surface area contributed by atoms with Crippen LogP contribution in [0.25, 0.3) is 0 Å². The maximum Gasteiger partial charge on any atom is 0.380 e. The molecule has 0 rings (SSSR count). The standard InChI is InChI=1S/C7H11ClO5/c1-5(9)13-7(4-8,12-3)6(10)11-2/h4H2,1-3H3. The summed E-state index contributed by atoms with van der Waals surface area (Å²) in [6.07, 6.45) is 0. The van der Waals surface area contributed by atoms with E-state index in [1.165, 1.54) is 7.11 Å². The van der Waals surface area contributed by atoms with Crippen molar-refractivity contribution in [2.45, 2.75) is 12.7 Å². The van der Waals surface area contributed by atoms with Crippen LogP contribution in [-0.2, 0) is 23.8 Å². The topological polar surface area (TPSA) is 61.8 Å². The fourth-order valence-electron chi connectivity index (χ4n) is 0.691. The molecular formula is C7H11ClO5. The fourth-order valence-corrected chi connectivity index (χ4v) is 0.964. The molecule has 0 aliphatic heterocycles. The van der Waals surface area contributed by atoms with Gasteiger partial charge in [0.2, 0.25) is 0 Å². The van der Waals surface area contributed by atoms with Crippen LogP contribution in [0.4, 0.5) is 0 Å². The first-order valence-electron chi connectivity index (χ1n) is 3.41. The number of carbonyl (C=O) groups is 2. The minimum Gasteiger partial charge on any atom is -0.464 e. The number of carbonyl (C=O) groups excluding carboxylic acids is 2. The van der Waals surface area contributed by atoms with Crippen molar-refractivity contribution in [3.8, 4) is 0 Å². The highest BCUT2D eigenvalue weighted by atomic mass is 35.5. The number of ether oxygens (including phenoxy) is 3. The predicted molar refractivity (Wildman–Crippen MR) is 44.2 cm³/mol. The summed E-state index contributed by atoms with van der Waals surface area (Å²) in [5, 5.41) is 0. The van der Waals surface area contributed by atoms with Crippen molar-refractivity contribution in [3.05, 3.63) is 0 Å². The predicted octanol–water partition coefficient (Wildman–Crippen LogP) is 0.304. The molecule has 0 saturated carbocycles. The van der Waals surface area contributed by atoms with E-state index in [2.05, 4.69) is 9.47 Å². The summed E-state index contributed by atoms with van der Waals surface area (Å²) in [5.74, 6) is -3.68. The number of rotatable bonds is 4. The first kappa shape index (κ1) is 12.2. The van der Waals surface area contributed by atoms with E-state index in [1.807, 2.05) is 0 Å². The molecule has 0 N–H and O–H groups in total. The van der Waals surface area contributed by atoms with Crippen molar-refractivity contribution in [1.82, 2.24) is 0 Å². The molecule has 1 unspecified atom stereocenters. The molecule has 0 heterocycles. The summed E-state index contributed by atoms with van der Waals surface area (Å²) >= 11 is 5.44. The van der Waals surface area contributed by atoms with Crippen LogP contribution in [0.3, 0.4) is 0 Å². The summed E-state index contributed by atoms with van der Waals surface area (Å²) in [7, 11) is 2.34. The normalized spacial score (nSPS) is 14.5. The highest BCUT2D eigenvalue weighted by molar-refractivity contribution is 6.20. The lowest BCUT2D eigenvalue weighted by Crippen LogP contribution is -2.47. The van der Waals surface area contributed by atoms with Crippen LogP contribution in [0.1, 0.15) is 6.92 Å². The molecule has 0 aliphatic carbocycles. The van der Waals surface area contributed by atoms with Crippen LogP contribution < -0.4 is 0 Å². The lowest BCUT2D eigenvalue weighted by Gasteiger charge is -2.25. The Bertz CT molecular complexity index is 199. The molecule has 5 nitrogen and oxygen atoms in total. The lowest BCUT2D eigenvalue weighted by molar-refractivity contribution is -0.225. The van der Waals surface area contributed by atoms with E-state index in [0.29, 0.717) is 0 Å². The van der Waals surface area contributed by atoms with Crippen LogP contribution in [0.5, 0.6) is 0 Å². The van der Waals surface area contributed by atoms with Crippen molar-refractivity contribution in [2.24, 2.45) is 0 Å². The molecule has 0 aliphatic rings. The fraction of sp³-hybridized carbons (Fsp3) is 0.714. The monoisotopic (exact) mass is 210 g/mol. The molecule has 0 aromatic carbocycles. The molecule has 0 bridgehead atoms. The van der Waals surface area contributed by atoms with Gasteiger partial charge in [0.1, 0.15) is 0 Å². The van der Waals surface area contributed by atoms with E-state index in [0.717, 1.165) is 14.0 Å². The van der Waals surface area contributed by atoms with Gasteiger partial charge >= 0.3 is 17.7 Å². The summed E-state index contributed by atoms with van der Waals surface area (Å²) in [4.78, 5) is 21.8. The Hall–Kier alpha value is -0.810. The van der Waals surface area contributed by atoms with E-state index in [9.17, 15) is 9.59 Å². The molecule has 0 saturated heterocycles. The zero-order valence-corrected chi connectivity index (χ0v) is 8.38. The molecule has 0 radical (unpaired) electrons. The van der Waals surface area contributed by atoms with Gasteiger partial charge in [0.05, 0.1) is 13.0 Å². The zero-order chi connectivity index (χ0) is 10.5. The first-order chi connectivity index (χ1) is 6.02. The van der Waals surface area contributed by atoms with Crippen LogP contribution in [0, 0.1) is 0 Å². The third-order valence-corrected chi connectivity index (χ3v) is 1.66. The van der Waals surface area contributed by atoms with Gasteiger partial charge in [-0.3, -0.25) is 4.79 Å². The number of alkyl halides is 1. The van der Waals surface area contributed by atoms with E-state index in [1.54, 1.807) is 0 Å². The SMILES string of the molecule is COC(=O)C(CCl)(OC)OC(C)=O. The Kier molecular flexibility index (Phi) is 4.72. The molecule has 1 atom stereocenters. The van der Waals surface area contributed by atoms with Gasteiger partial charge in [-0.2, -0.15) is 0 Å². The molecule has 0 aromatic heterocycles. The smallest absolute Gasteiger partial charge is 0.380 e. The van der Waals surface area contributed by atoms with Gasteiger partial charge in [0.25, 0.3) is 0 Å². The highest BCUT2D eigenvalue weighted by Gasteiger charge is 2.43. The molecule has 6 heteroatoms. The minimum absolute atomic E-state index is 0.324. The molecule has 0 fully saturated rings. The van der Waals surface area contributed by atoms with Gasteiger partial charge in [0.15, 0.2) is 0 Å². The molecule has 76 valence electrons. The number of hydrogen-bond donors (Lipinski definition) is 0. The van der Waals surface area contributed by atoms with E-state index in [-0.39, 0.29) is 5.88 Å². The van der Waals surface area contributed by atoms with E-state index < -0.39 is 17.7 Å². The van der Waals surface area contributed by atoms with Crippen LogP contribution in [0.2, 0.25) is 0 Å². The second-order valence-electron chi connectivity index (χ2n) is 2.18. The average molecular weight is 211 g/mol. The molecule has 0 spiro atoms. The maximum atomic E-state index is 11.1. The number of methoxy groups -OCH3 is 2. The number of halogens is 1. The third kappa shape index (κ3) is 2.86. The van der Waals surface area contributed by atoms with Gasteiger partial charge in [-0.1, -0.05) is 0 Å². The van der Waals surface area contributed by atoms with Gasteiger partial charge in [-0.25, -0.2) is 4.79 Å². The van der Waals surface area contributed by atoms with Crippen LogP contribution in [-0.4, -0.2) is 37.8 Å². The molecular weight excluding hydrogens is 200 g/mol. The highest BCUT2D eigenvalue weighted by Crippen LogP contribution is 2.16. The third-order valence-electron chi connectivity index (χ3n) is 1.31. The summed E-state index contributed by atoms with van der Waals surface area (Å²) in [5.41, 5.74) is 0. The second-order valence-corrected chi connectivity index (χ2v) is 2.44. The molecule has 0 amide bonds. The van der Waals surface area contributed by atoms with Crippen molar-refractivity contribution < 1.29 is 23.8 Å². The summed E-state index contributed by atoms with van der Waals surface area (Å²) < 4.78 is 13.7. The van der Waals surface area contributed by atoms with E-state index in [4.69, 9.17) is 16.3 Å². The maximum absolute atomic E-state index is 11.1. The van der Waals surface area contributed by atoms with Crippen molar-refractivity contribution in [3.63, 3.8) is 0 Å². The summed E-state index contributed by atoms with van der Waals surface area (Å²) in [6, 6.07) is 0. The van der Waals surface area contributed by atoms with Crippen molar-refractivity contribution >= 4 is 23.5 Å². The Labute approximate surface area is 80.9 Å².